The highest BCUT2D eigenvalue weighted by molar-refractivity contribution is 5.73. The van der Waals surface area contributed by atoms with E-state index in [-0.39, 0.29) is 18.4 Å². The van der Waals surface area contributed by atoms with Crippen molar-refractivity contribution in [2.24, 2.45) is 0 Å². The predicted molar refractivity (Wildman–Crippen MR) is 56.8 cm³/mol. The number of rotatable bonds is 4. The van der Waals surface area contributed by atoms with E-state index >= 15 is 0 Å². The summed E-state index contributed by atoms with van der Waals surface area (Å²) in [5, 5.41) is 5.07. The third kappa shape index (κ3) is 3.81. The Bertz CT molecular complexity index is 352. The number of urea groups is 1. The van der Waals surface area contributed by atoms with E-state index in [0.29, 0.717) is 12.1 Å². The first kappa shape index (κ1) is 11.2. The second-order valence-corrected chi connectivity index (χ2v) is 2.94. The van der Waals surface area contributed by atoms with Crippen LogP contribution in [0.4, 0.5) is 9.18 Å². The molecule has 2 amide bonds. The highest BCUT2D eigenvalue weighted by atomic mass is 19.1. The summed E-state index contributed by atoms with van der Waals surface area (Å²) < 4.78 is 13.1. The van der Waals surface area contributed by atoms with Crippen molar-refractivity contribution in [1.29, 1.82) is 0 Å². The van der Waals surface area contributed by atoms with E-state index in [0.717, 1.165) is 0 Å². The quantitative estimate of drug-likeness (QED) is 0.728. The van der Waals surface area contributed by atoms with Crippen molar-refractivity contribution in [2.45, 2.75) is 6.54 Å². The molecule has 0 aromatic heterocycles. The van der Waals surface area contributed by atoms with Gasteiger partial charge in [-0.05, 0) is 6.07 Å². The van der Waals surface area contributed by atoms with Crippen LogP contribution in [-0.2, 0) is 6.54 Å². The van der Waals surface area contributed by atoms with Crippen LogP contribution in [0, 0.1) is 5.82 Å². The van der Waals surface area contributed by atoms with Gasteiger partial charge < -0.3 is 10.6 Å². The Morgan fingerprint density at radius 2 is 2.13 bits per heavy atom. The zero-order chi connectivity index (χ0) is 11.1. The van der Waals surface area contributed by atoms with Gasteiger partial charge in [0.15, 0.2) is 0 Å². The molecule has 2 N–H and O–H groups in total. The Balaban J connectivity index is 2.40. The maximum absolute atomic E-state index is 13.1. The average molecular weight is 208 g/mol. The maximum atomic E-state index is 13.1. The summed E-state index contributed by atoms with van der Waals surface area (Å²) in [7, 11) is 0. The highest BCUT2D eigenvalue weighted by Crippen LogP contribution is 2.04. The molecule has 0 atom stereocenters. The van der Waals surface area contributed by atoms with Crippen LogP contribution >= 0.6 is 0 Å². The first-order valence-electron chi connectivity index (χ1n) is 4.60. The molecule has 1 rings (SSSR count). The van der Waals surface area contributed by atoms with Gasteiger partial charge in [0.05, 0.1) is 0 Å². The molecule has 1 aromatic rings. The van der Waals surface area contributed by atoms with Crippen LogP contribution in [0.2, 0.25) is 0 Å². The molecule has 15 heavy (non-hydrogen) atoms. The molecule has 0 saturated heterocycles. The molecular formula is C11H13FN2O. The van der Waals surface area contributed by atoms with Crippen molar-refractivity contribution in [1.82, 2.24) is 10.6 Å². The Kier molecular flexibility index (Phi) is 4.34. The van der Waals surface area contributed by atoms with Crippen molar-refractivity contribution >= 4 is 6.03 Å². The van der Waals surface area contributed by atoms with Gasteiger partial charge in [0, 0.05) is 18.7 Å². The van der Waals surface area contributed by atoms with Gasteiger partial charge in [-0.1, -0.05) is 24.3 Å². The summed E-state index contributed by atoms with van der Waals surface area (Å²) in [5.41, 5.74) is 0.464. The first-order valence-corrected chi connectivity index (χ1v) is 4.60. The molecule has 0 bridgehead atoms. The van der Waals surface area contributed by atoms with Gasteiger partial charge in [0.1, 0.15) is 5.82 Å². The minimum Gasteiger partial charge on any atom is -0.335 e. The summed E-state index contributed by atoms with van der Waals surface area (Å²) in [4.78, 5) is 11.1. The average Bonchev–Trinajstić information content (AvgIpc) is 2.25. The highest BCUT2D eigenvalue weighted by Gasteiger charge is 2.02. The molecule has 80 valence electrons. The zero-order valence-corrected chi connectivity index (χ0v) is 8.29. The molecule has 0 spiro atoms. The predicted octanol–water partition coefficient (Wildman–Crippen LogP) is 1.81. The number of carbonyl (C=O) groups excluding carboxylic acids is 1. The summed E-state index contributed by atoms with van der Waals surface area (Å²) in [6.45, 7) is 4.03. The van der Waals surface area contributed by atoms with E-state index in [9.17, 15) is 9.18 Å². The van der Waals surface area contributed by atoms with Crippen LogP contribution in [0.25, 0.3) is 0 Å². The van der Waals surface area contributed by atoms with Crippen molar-refractivity contribution in [3.05, 3.63) is 48.3 Å². The molecule has 0 fully saturated rings. The van der Waals surface area contributed by atoms with Gasteiger partial charge in [0.2, 0.25) is 0 Å². The van der Waals surface area contributed by atoms with Crippen LogP contribution in [0.15, 0.2) is 36.9 Å². The Morgan fingerprint density at radius 3 is 2.80 bits per heavy atom. The number of hydrogen-bond donors (Lipinski definition) is 2. The van der Waals surface area contributed by atoms with Gasteiger partial charge >= 0.3 is 6.03 Å². The largest absolute Gasteiger partial charge is 0.335 e. The van der Waals surface area contributed by atoms with Gasteiger partial charge in [-0.2, -0.15) is 0 Å². The topological polar surface area (TPSA) is 41.1 Å². The summed E-state index contributed by atoms with van der Waals surface area (Å²) in [6.07, 6.45) is 1.57. The second kappa shape index (κ2) is 5.80. The van der Waals surface area contributed by atoms with E-state index in [1.807, 2.05) is 0 Å². The molecular weight excluding hydrogens is 195 g/mol. The summed E-state index contributed by atoms with van der Waals surface area (Å²) in [6, 6.07) is 5.98. The molecule has 0 radical (unpaired) electrons. The standard InChI is InChI=1S/C11H13FN2O/c1-2-7-13-11(15)14-8-9-5-3-4-6-10(9)12/h2-6H,1,7-8H2,(H2,13,14,15). The fourth-order valence-corrected chi connectivity index (χ4v) is 1.04. The Morgan fingerprint density at radius 1 is 1.40 bits per heavy atom. The van der Waals surface area contributed by atoms with Gasteiger partial charge in [-0.15, -0.1) is 6.58 Å². The smallest absolute Gasteiger partial charge is 0.315 e. The third-order valence-electron chi connectivity index (χ3n) is 1.80. The Hall–Kier alpha value is -1.84. The van der Waals surface area contributed by atoms with E-state index in [1.54, 1.807) is 24.3 Å². The lowest BCUT2D eigenvalue weighted by molar-refractivity contribution is 0.241. The zero-order valence-electron chi connectivity index (χ0n) is 8.29. The van der Waals surface area contributed by atoms with E-state index in [4.69, 9.17) is 0 Å². The monoisotopic (exact) mass is 208 g/mol. The summed E-state index contributed by atoms with van der Waals surface area (Å²) in [5.74, 6) is -0.318. The number of carbonyl (C=O) groups is 1. The van der Waals surface area contributed by atoms with Crippen LogP contribution in [0.3, 0.4) is 0 Å². The summed E-state index contributed by atoms with van der Waals surface area (Å²) >= 11 is 0. The molecule has 0 aliphatic heterocycles. The molecule has 0 saturated carbocycles. The third-order valence-corrected chi connectivity index (χ3v) is 1.80. The molecule has 0 aliphatic rings. The fourth-order valence-electron chi connectivity index (χ4n) is 1.04. The van der Waals surface area contributed by atoms with Crippen LogP contribution in [-0.4, -0.2) is 12.6 Å². The van der Waals surface area contributed by atoms with Crippen molar-refractivity contribution in [2.75, 3.05) is 6.54 Å². The first-order chi connectivity index (χ1) is 7.24. The van der Waals surface area contributed by atoms with E-state index in [1.165, 1.54) is 6.07 Å². The molecule has 0 heterocycles. The lowest BCUT2D eigenvalue weighted by Crippen LogP contribution is -2.35. The maximum Gasteiger partial charge on any atom is 0.315 e. The minimum absolute atomic E-state index is 0.176. The van der Waals surface area contributed by atoms with Crippen LogP contribution in [0.5, 0.6) is 0 Å². The number of amides is 2. The van der Waals surface area contributed by atoms with Crippen molar-refractivity contribution in [3.63, 3.8) is 0 Å². The van der Waals surface area contributed by atoms with Gasteiger partial charge in [-0.25, -0.2) is 9.18 Å². The number of nitrogens with one attached hydrogen (secondary N) is 2. The number of halogens is 1. The van der Waals surface area contributed by atoms with Crippen LogP contribution in [0.1, 0.15) is 5.56 Å². The SMILES string of the molecule is C=CCNC(=O)NCc1ccccc1F. The lowest BCUT2D eigenvalue weighted by atomic mass is 10.2. The lowest BCUT2D eigenvalue weighted by Gasteiger charge is -2.06. The second-order valence-electron chi connectivity index (χ2n) is 2.94. The minimum atomic E-state index is -0.335. The van der Waals surface area contributed by atoms with E-state index < -0.39 is 0 Å². The molecule has 0 unspecified atom stereocenters. The van der Waals surface area contributed by atoms with Gasteiger partial charge in [0.25, 0.3) is 0 Å². The number of benzene rings is 1. The number of hydrogen-bond acceptors (Lipinski definition) is 1. The normalized spacial score (nSPS) is 9.40. The van der Waals surface area contributed by atoms with Gasteiger partial charge in [-0.3, -0.25) is 0 Å². The fraction of sp³-hybridized carbons (Fsp3) is 0.182. The molecule has 0 aliphatic carbocycles. The van der Waals surface area contributed by atoms with E-state index in [2.05, 4.69) is 17.2 Å². The molecule has 3 nitrogen and oxygen atoms in total. The van der Waals surface area contributed by atoms with Crippen LogP contribution < -0.4 is 10.6 Å². The molecule has 4 heteroatoms. The van der Waals surface area contributed by atoms with Crippen molar-refractivity contribution in [3.8, 4) is 0 Å². The van der Waals surface area contributed by atoms with Crippen molar-refractivity contribution < 1.29 is 9.18 Å². The molecule has 1 aromatic carbocycles. The Labute approximate surface area is 88.0 Å².